The summed E-state index contributed by atoms with van der Waals surface area (Å²) in [4.78, 5) is 39.9. The van der Waals surface area contributed by atoms with Gasteiger partial charge < -0.3 is 10.2 Å². The third-order valence-corrected chi connectivity index (χ3v) is 4.48. The largest absolute Gasteiger partial charge is 0.339 e. The average Bonchev–Trinajstić information content (AvgIpc) is 2.92. The Morgan fingerprint density at radius 1 is 1.18 bits per heavy atom. The summed E-state index contributed by atoms with van der Waals surface area (Å²) < 4.78 is 0. The van der Waals surface area contributed by atoms with Crippen molar-refractivity contribution in [3.63, 3.8) is 0 Å². The number of carbonyl (C=O) groups excluding carboxylic acids is 3. The van der Waals surface area contributed by atoms with Crippen molar-refractivity contribution >= 4 is 17.8 Å². The van der Waals surface area contributed by atoms with Gasteiger partial charge in [0, 0.05) is 13.1 Å². The van der Waals surface area contributed by atoms with Crippen LogP contribution in [0.2, 0.25) is 0 Å². The minimum absolute atomic E-state index is 0.0793. The Morgan fingerprint density at radius 2 is 1.82 bits per heavy atom. The first kappa shape index (κ1) is 20.4. The predicted octanol–water partition coefficient (Wildman–Crippen LogP) is 0.981. The number of carbonyl (C=O) groups is 3. The van der Waals surface area contributed by atoms with Gasteiger partial charge in [-0.2, -0.15) is 15.8 Å². The number of urea groups is 1. The van der Waals surface area contributed by atoms with Crippen molar-refractivity contribution in [1.29, 1.82) is 15.8 Å². The number of benzene rings is 1. The molecule has 9 heteroatoms. The van der Waals surface area contributed by atoms with Crippen molar-refractivity contribution in [3.8, 4) is 18.2 Å². The molecule has 1 atom stereocenters. The lowest BCUT2D eigenvalue weighted by Crippen LogP contribution is -2.45. The highest BCUT2D eigenvalue weighted by molar-refractivity contribution is 6.09. The van der Waals surface area contributed by atoms with Crippen molar-refractivity contribution in [1.82, 2.24) is 15.1 Å². The smallest absolute Gasteiger partial charge is 0.325 e. The molecular formula is C19H18N6O3. The first-order valence-corrected chi connectivity index (χ1v) is 8.53. The van der Waals surface area contributed by atoms with Gasteiger partial charge in [0.25, 0.3) is 5.91 Å². The second-order valence-corrected chi connectivity index (χ2v) is 6.34. The van der Waals surface area contributed by atoms with Crippen LogP contribution in [-0.4, -0.2) is 47.3 Å². The van der Waals surface area contributed by atoms with Crippen molar-refractivity contribution < 1.29 is 14.4 Å². The average molecular weight is 378 g/mol. The van der Waals surface area contributed by atoms with E-state index in [4.69, 9.17) is 15.8 Å². The van der Waals surface area contributed by atoms with Crippen molar-refractivity contribution in [2.75, 3.05) is 19.6 Å². The van der Waals surface area contributed by atoms with E-state index in [9.17, 15) is 14.4 Å². The summed E-state index contributed by atoms with van der Waals surface area (Å²) in [7, 11) is 0. The Morgan fingerprint density at radius 3 is 2.39 bits per heavy atom. The maximum atomic E-state index is 12.9. The Labute approximate surface area is 162 Å². The molecule has 2 rings (SSSR count). The van der Waals surface area contributed by atoms with E-state index in [1.807, 2.05) is 18.2 Å². The van der Waals surface area contributed by atoms with E-state index in [1.165, 1.54) is 17.9 Å². The molecule has 0 spiro atoms. The van der Waals surface area contributed by atoms with Crippen molar-refractivity contribution in [2.24, 2.45) is 0 Å². The van der Waals surface area contributed by atoms with E-state index in [2.05, 4.69) is 5.32 Å². The molecule has 142 valence electrons. The first-order valence-electron chi connectivity index (χ1n) is 8.53. The molecule has 1 aliphatic rings. The fourth-order valence-electron chi connectivity index (χ4n) is 2.90. The Bertz CT molecular complexity index is 905. The van der Waals surface area contributed by atoms with Gasteiger partial charge in [0.1, 0.15) is 12.1 Å². The summed E-state index contributed by atoms with van der Waals surface area (Å²) >= 11 is 0. The van der Waals surface area contributed by atoms with Gasteiger partial charge in [-0.25, -0.2) is 4.79 Å². The molecule has 1 aliphatic heterocycles. The highest BCUT2D eigenvalue weighted by Gasteiger charge is 2.49. The molecule has 0 saturated carbocycles. The van der Waals surface area contributed by atoms with E-state index >= 15 is 0 Å². The number of hydrogen-bond donors (Lipinski definition) is 1. The molecule has 0 aromatic heterocycles. The maximum Gasteiger partial charge on any atom is 0.325 e. The lowest BCUT2D eigenvalue weighted by Gasteiger charge is -2.24. The van der Waals surface area contributed by atoms with Crippen LogP contribution in [0, 0.1) is 34.0 Å². The molecule has 1 aromatic carbocycles. The fourth-order valence-corrected chi connectivity index (χ4v) is 2.90. The number of nitrogens with zero attached hydrogens (tertiary/aromatic N) is 5. The van der Waals surface area contributed by atoms with E-state index in [1.54, 1.807) is 18.2 Å². The SMILES string of the molecule is C[C@]1(c2cccc(C#N)c2)NC(=O)N(CC(=O)N(CCC#N)CCC#N)C1=O. The minimum atomic E-state index is -1.39. The summed E-state index contributed by atoms with van der Waals surface area (Å²) in [5.41, 5.74) is -0.617. The zero-order valence-corrected chi connectivity index (χ0v) is 15.3. The highest BCUT2D eigenvalue weighted by Crippen LogP contribution is 2.29. The van der Waals surface area contributed by atoms with Crippen LogP contribution < -0.4 is 5.32 Å². The van der Waals surface area contributed by atoms with Gasteiger partial charge in [-0.3, -0.25) is 14.5 Å². The van der Waals surface area contributed by atoms with Crippen LogP contribution in [0.5, 0.6) is 0 Å². The quantitative estimate of drug-likeness (QED) is 0.701. The zero-order valence-electron chi connectivity index (χ0n) is 15.3. The molecule has 28 heavy (non-hydrogen) atoms. The number of nitriles is 3. The Balaban J connectivity index is 2.20. The Kier molecular flexibility index (Phi) is 6.31. The molecular weight excluding hydrogens is 360 g/mol. The molecule has 0 aliphatic carbocycles. The van der Waals surface area contributed by atoms with Gasteiger partial charge >= 0.3 is 6.03 Å². The van der Waals surface area contributed by atoms with Gasteiger partial charge in [-0.05, 0) is 24.6 Å². The molecule has 1 fully saturated rings. The lowest BCUT2D eigenvalue weighted by molar-refractivity contribution is -0.138. The summed E-state index contributed by atoms with van der Waals surface area (Å²) in [6.07, 6.45) is 0.159. The molecule has 4 amide bonds. The molecule has 1 heterocycles. The third kappa shape index (κ3) is 4.08. The van der Waals surface area contributed by atoms with Gasteiger partial charge in [0.15, 0.2) is 0 Å². The second-order valence-electron chi connectivity index (χ2n) is 6.34. The van der Waals surface area contributed by atoms with E-state index in [0.29, 0.717) is 11.1 Å². The van der Waals surface area contributed by atoms with E-state index in [0.717, 1.165) is 4.90 Å². The number of hydrogen-bond acceptors (Lipinski definition) is 6. The normalized spacial score (nSPS) is 18.0. The lowest BCUT2D eigenvalue weighted by atomic mass is 9.91. The van der Waals surface area contributed by atoms with E-state index < -0.39 is 29.9 Å². The van der Waals surface area contributed by atoms with Crippen molar-refractivity contribution in [2.45, 2.75) is 25.3 Å². The molecule has 1 aromatic rings. The van der Waals surface area contributed by atoms with Gasteiger partial charge in [-0.1, -0.05) is 12.1 Å². The molecule has 0 bridgehead atoms. The Hall–Kier alpha value is -3.90. The molecule has 1 N–H and O–H groups in total. The molecule has 9 nitrogen and oxygen atoms in total. The van der Waals surface area contributed by atoms with Crippen molar-refractivity contribution in [3.05, 3.63) is 35.4 Å². The van der Waals surface area contributed by atoms with Crippen LogP contribution in [-0.2, 0) is 15.1 Å². The van der Waals surface area contributed by atoms with Crippen LogP contribution in [0.3, 0.4) is 0 Å². The van der Waals surface area contributed by atoms with Gasteiger partial charge in [0.2, 0.25) is 5.91 Å². The third-order valence-electron chi connectivity index (χ3n) is 4.48. The minimum Gasteiger partial charge on any atom is -0.339 e. The van der Waals surface area contributed by atoms with Gasteiger partial charge in [-0.15, -0.1) is 0 Å². The van der Waals surface area contributed by atoms with E-state index in [-0.39, 0.29) is 25.9 Å². The van der Waals surface area contributed by atoms with Crippen LogP contribution in [0.4, 0.5) is 4.79 Å². The van der Waals surface area contributed by atoms with Gasteiger partial charge in [0.05, 0.1) is 36.6 Å². The number of nitrogens with one attached hydrogen (secondary N) is 1. The first-order chi connectivity index (χ1) is 13.4. The van der Waals surface area contributed by atoms with Crippen LogP contribution in [0.25, 0.3) is 0 Å². The zero-order chi connectivity index (χ0) is 20.7. The molecule has 1 saturated heterocycles. The summed E-state index contributed by atoms with van der Waals surface area (Å²) in [6, 6.07) is 11.4. The summed E-state index contributed by atoms with van der Waals surface area (Å²) in [6.45, 7) is 1.25. The number of rotatable bonds is 7. The molecule has 0 radical (unpaired) electrons. The summed E-state index contributed by atoms with van der Waals surface area (Å²) in [5, 5.41) is 29.1. The topological polar surface area (TPSA) is 141 Å². The highest BCUT2D eigenvalue weighted by atomic mass is 16.2. The summed E-state index contributed by atoms with van der Waals surface area (Å²) in [5.74, 6) is -1.13. The number of imide groups is 1. The molecule has 0 unspecified atom stereocenters. The maximum absolute atomic E-state index is 12.9. The predicted molar refractivity (Wildman–Crippen MR) is 95.8 cm³/mol. The standard InChI is InChI=1S/C19H18N6O3/c1-19(15-6-2-5-14(11-15)12-22)17(27)25(18(28)23-19)13-16(26)24(9-3-7-20)10-4-8-21/h2,5-6,11H,3-4,9-10,13H2,1H3,(H,23,28)/t19-/m1/s1. The monoisotopic (exact) mass is 378 g/mol. The van der Waals surface area contributed by atoms with Crippen LogP contribution >= 0.6 is 0 Å². The van der Waals surface area contributed by atoms with Crippen LogP contribution in [0.15, 0.2) is 24.3 Å². The van der Waals surface area contributed by atoms with Crippen LogP contribution in [0.1, 0.15) is 30.9 Å². The fraction of sp³-hybridized carbons (Fsp3) is 0.368. The second kappa shape index (κ2) is 8.66. The number of amides is 4.